The van der Waals surface area contributed by atoms with Crippen LogP contribution in [0, 0.1) is 0 Å². The highest BCUT2D eigenvalue weighted by molar-refractivity contribution is 5.90. The fourth-order valence-corrected chi connectivity index (χ4v) is 4.27. The zero-order valence-electron chi connectivity index (χ0n) is 19.3. The van der Waals surface area contributed by atoms with Gasteiger partial charge in [-0.3, -0.25) is 5.01 Å². The molecule has 0 spiro atoms. The number of benzene rings is 1. The molecule has 1 saturated heterocycles. The van der Waals surface area contributed by atoms with Gasteiger partial charge in [-0.05, 0) is 40.2 Å². The zero-order valence-corrected chi connectivity index (χ0v) is 19.3. The maximum absolute atomic E-state index is 12.8. The molecule has 2 atom stereocenters. The van der Waals surface area contributed by atoms with E-state index >= 15 is 0 Å². The maximum atomic E-state index is 12.8. The van der Waals surface area contributed by atoms with Crippen LogP contribution >= 0.6 is 0 Å². The van der Waals surface area contributed by atoms with Crippen LogP contribution in [0.5, 0.6) is 0 Å². The first-order valence-electron chi connectivity index (χ1n) is 10.5. The van der Waals surface area contributed by atoms with Crippen LogP contribution in [0.15, 0.2) is 41.6 Å². The Labute approximate surface area is 187 Å². The molecule has 174 valence electrons. The second kappa shape index (κ2) is 8.72. The number of hydrogen-bond donors (Lipinski definition) is 0. The summed E-state index contributed by atoms with van der Waals surface area (Å²) in [5, 5.41) is 2.92. The predicted molar refractivity (Wildman–Crippen MR) is 114 cm³/mol. The van der Waals surface area contributed by atoms with Gasteiger partial charge in [0.25, 0.3) is 0 Å². The van der Waals surface area contributed by atoms with Crippen molar-refractivity contribution in [2.75, 3.05) is 13.7 Å². The normalized spacial score (nSPS) is 22.5. The van der Waals surface area contributed by atoms with Crippen LogP contribution in [0.1, 0.15) is 53.0 Å². The Balaban J connectivity index is 2.07. The summed E-state index contributed by atoms with van der Waals surface area (Å²) in [5.74, 6) is -0.441. The van der Waals surface area contributed by atoms with Crippen molar-refractivity contribution < 1.29 is 33.3 Å². The highest BCUT2D eigenvalue weighted by Gasteiger charge is 2.60. The van der Waals surface area contributed by atoms with Crippen molar-refractivity contribution in [3.63, 3.8) is 0 Å². The molecule has 3 rings (SSSR count). The zero-order chi connectivity index (χ0) is 23.7. The maximum Gasteiger partial charge on any atom is 0.510 e. The lowest BCUT2D eigenvalue weighted by atomic mass is 9.83. The van der Waals surface area contributed by atoms with E-state index in [0.717, 1.165) is 5.56 Å². The molecule has 9 heteroatoms. The standard InChI is InChI=1S/C23H30N2O7/c1-7-30-19(26)17-13-23(16-11-9-8-10-12-16)14-18(31-21(28)32-22(3,4)5)24(20(27)29-6)25(23)15(17)2/h8-12,18H,7,13-14H2,1-6H3/t18-,23+/m1/s1. The van der Waals surface area contributed by atoms with Gasteiger partial charge < -0.3 is 18.9 Å². The van der Waals surface area contributed by atoms with Gasteiger partial charge in [0.1, 0.15) is 5.60 Å². The molecule has 0 bridgehead atoms. The number of carbonyl (C=O) groups excluding carboxylic acids is 3. The molecule has 2 aliphatic heterocycles. The quantitative estimate of drug-likeness (QED) is 0.504. The Kier molecular flexibility index (Phi) is 6.39. The summed E-state index contributed by atoms with van der Waals surface area (Å²) in [4.78, 5) is 38.0. The lowest BCUT2D eigenvalue weighted by Gasteiger charge is -2.38. The van der Waals surface area contributed by atoms with E-state index in [1.807, 2.05) is 30.3 Å². The van der Waals surface area contributed by atoms with Crippen molar-refractivity contribution in [3.05, 3.63) is 47.2 Å². The first-order chi connectivity index (χ1) is 15.0. The third-order valence-corrected chi connectivity index (χ3v) is 5.45. The van der Waals surface area contributed by atoms with Crippen molar-refractivity contribution in [1.82, 2.24) is 10.0 Å². The first-order valence-corrected chi connectivity index (χ1v) is 10.5. The van der Waals surface area contributed by atoms with E-state index in [-0.39, 0.29) is 19.4 Å². The summed E-state index contributed by atoms with van der Waals surface area (Å²) in [5.41, 5.74) is 0.261. The summed E-state index contributed by atoms with van der Waals surface area (Å²) in [6.45, 7) is 8.89. The molecule has 2 aliphatic rings. The van der Waals surface area contributed by atoms with E-state index in [1.165, 1.54) is 12.1 Å². The molecular weight excluding hydrogens is 416 g/mol. The van der Waals surface area contributed by atoms with Gasteiger partial charge in [0.05, 0.1) is 24.8 Å². The number of ether oxygens (including phenoxy) is 4. The molecule has 9 nitrogen and oxygen atoms in total. The van der Waals surface area contributed by atoms with Gasteiger partial charge in [0, 0.05) is 18.5 Å². The summed E-state index contributed by atoms with van der Waals surface area (Å²) < 4.78 is 21.1. The molecule has 0 unspecified atom stereocenters. The van der Waals surface area contributed by atoms with E-state index in [2.05, 4.69) is 0 Å². The van der Waals surface area contributed by atoms with Gasteiger partial charge in [-0.1, -0.05) is 30.3 Å². The number of esters is 1. The number of carbonyl (C=O) groups is 3. The smallest absolute Gasteiger partial charge is 0.463 e. The molecule has 0 aliphatic carbocycles. The van der Waals surface area contributed by atoms with Crippen LogP contribution in [-0.2, 0) is 29.3 Å². The van der Waals surface area contributed by atoms with Crippen molar-refractivity contribution in [3.8, 4) is 0 Å². The minimum atomic E-state index is -0.990. The number of hydrogen-bond acceptors (Lipinski definition) is 8. The minimum Gasteiger partial charge on any atom is -0.463 e. The second-order valence-corrected chi connectivity index (χ2v) is 8.73. The Morgan fingerprint density at radius 3 is 2.38 bits per heavy atom. The predicted octanol–water partition coefficient (Wildman–Crippen LogP) is 4.09. The highest BCUT2D eigenvalue weighted by atomic mass is 16.7. The first kappa shape index (κ1) is 23.4. The summed E-state index contributed by atoms with van der Waals surface area (Å²) in [6.07, 6.45) is -2.11. The Morgan fingerprint density at radius 2 is 1.81 bits per heavy atom. The minimum absolute atomic E-state index is 0.214. The Bertz CT molecular complexity index is 922. The number of nitrogens with zero attached hydrogens (tertiary/aromatic N) is 2. The van der Waals surface area contributed by atoms with Crippen LogP contribution in [-0.4, -0.2) is 53.8 Å². The number of rotatable bonds is 4. The number of allylic oxidation sites excluding steroid dienone is 1. The lowest BCUT2D eigenvalue weighted by molar-refractivity contribution is -0.138. The molecule has 32 heavy (non-hydrogen) atoms. The van der Waals surface area contributed by atoms with E-state index in [0.29, 0.717) is 11.3 Å². The van der Waals surface area contributed by atoms with Crippen LogP contribution in [0.3, 0.4) is 0 Å². The van der Waals surface area contributed by atoms with Crippen molar-refractivity contribution in [2.45, 2.75) is 64.8 Å². The average Bonchev–Trinajstić information content (AvgIpc) is 3.19. The van der Waals surface area contributed by atoms with Crippen molar-refractivity contribution in [1.29, 1.82) is 0 Å². The largest absolute Gasteiger partial charge is 0.510 e. The van der Waals surface area contributed by atoms with Crippen molar-refractivity contribution in [2.24, 2.45) is 0 Å². The fourth-order valence-electron chi connectivity index (χ4n) is 4.27. The van der Waals surface area contributed by atoms with E-state index < -0.39 is 35.6 Å². The van der Waals surface area contributed by atoms with Crippen LogP contribution < -0.4 is 0 Å². The molecule has 1 amide bonds. The summed E-state index contributed by atoms with van der Waals surface area (Å²) in [7, 11) is 1.25. The van der Waals surface area contributed by atoms with Crippen molar-refractivity contribution >= 4 is 18.2 Å². The van der Waals surface area contributed by atoms with Gasteiger partial charge in [0.15, 0.2) is 0 Å². The number of hydrazine groups is 1. The Hall–Kier alpha value is -3.23. The monoisotopic (exact) mass is 446 g/mol. The Morgan fingerprint density at radius 1 is 1.16 bits per heavy atom. The third-order valence-electron chi connectivity index (χ3n) is 5.45. The summed E-state index contributed by atoms with van der Waals surface area (Å²) >= 11 is 0. The average molecular weight is 447 g/mol. The van der Waals surface area contributed by atoms with Crippen LogP contribution in [0.25, 0.3) is 0 Å². The molecule has 2 heterocycles. The van der Waals surface area contributed by atoms with Gasteiger partial charge in [-0.25, -0.2) is 14.4 Å². The number of methoxy groups -OCH3 is 1. The van der Waals surface area contributed by atoms with Gasteiger partial charge in [0.2, 0.25) is 6.23 Å². The van der Waals surface area contributed by atoms with Gasteiger partial charge in [-0.15, -0.1) is 0 Å². The van der Waals surface area contributed by atoms with Gasteiger partial charge >= 0.3 is 18.2 Å². The second-order valence-electron chi connectivity index (χ2n) is 8.73. The molecular formula is C23H30N2O7. The molecule has 0 aromatic heterocycles. The number of fused-ring (bicyclic) bond motifs is 1. The molecule has 1 aromatic carbocycles. The van der Waals surface area contributed by atoms with E-state index in [4.69, 9.17) is 18.9 Å². The van der Waals surface area contributed by atoms with Crippen LogP contribution in [0.4, 0.5) is 9.59 Å². The fraction of sp³-hybridized carbons (Fsp3) is 0.522. The molecule has 0 radical (unpaired) electrons. The lowest BCUT2D eigenvalue weighted by Crippen LogP contribution is -2.49. The molecule has 1 aromatic rings. The SMILES string of the molecule is CCOC(=O)C1=C(C)N2N(C(=O)OC)[C@H](OC(=O)OC(C)(C)C)C[C@]2(c2ccccc2)C1. The van der Waals surface area contributed by atoms with E-state index in [1.54, 1.807) is 39.6 Å². The van der Waals surface area contributed by atoms with Gasteiger partial charge in [-0.2, -0.15) is 5.01 Å². The molecule has 0 N–H and O–H groups in total. The summed E-state index contributed by atoms with van der Waals surface area (Å²) in [6, 6.07) is 9.47. The highest BCUT2D eigenvalue weighted by Crippen LogP contribution is 2.54. The van der Waals surface area contributed by atoms with Crippen LogP contribution in [0.2, 0.25) is 0 Å². The number of amides is 1. The molecule has 1 fully saturated rings. The molecule has 0 saturated carbocycles. The third kappa shape index (κ3) is 4.24. The topological polar surface area (TPSA) is 94.6 Å². The van der Waals surface area contributed by atoms with E-state index in [9.17, 15) is 14.4 Å².